The van der Waals surface area contributed by atoms with E-state index in [9.17, 15) is 0 Å². The zero-order chi connectivity index (χ0) is 19.3. The molecule has 0 bridgehead atoms. The second kappa shape index (κ2) is 14.9. The Hall–Kier alpha value is -1.06. The molecule has 1 aliphatic rings. The van der Waals surface area contributed by atoms with Crippen molar-refractivity contribution in [3.05, 3.63) is 29.8 Å². The van der Waals surface area contributed by atoms with Gasteiger partial charge >= 0.3 is 0 Å². The molecule has 1 unspecified atom stereocenters. The van der Waals surface area contributed by atoms with Gasteiger partial charge in [-0.05, 0) is 42.9 Å². The molecule has 1 aromatic rings. The minimum atomic E-state index is 0. The largest absolute Gasteiger partial charge is 0.493 e. The molecule has 1 fully saturated rings. The molecule has 2 rings (SSSR count). The molecule has 1 saturated heterocycles. The van der Waals surface area contributed by atoms with Crippen LogP contribution < -0.4 is 15.4 Å². The van der Waals surface area contributed by atoms with Gasteiger partial charge < -0.3 is 24.8 Å². The van der Waals surface area contributed by atoms with Crippen LogP contribution in [-0.4, -0.2) is 52.1 Å². The number of hydrogen-bond acceptors (Lipinski definition) is 4. The first-order valence-electron chi connectivity index (χ1n) is 10.0. The first kappa shape index (κ1) is 25.0. The van der Waals surface area contributed by atoms with Gasteiger partial charge in [-0.3, -0.25) is 4.99 Å². The third kappa shape index (κ3) is 10.5. The van der Waals surface area contributed by atoms with E-state index in [-0.39, 0.29) is 24.0 Å². The van der Waals surface area contributed by atoms with Gasteiger partial charge in [0.25, 0.3) is 0 Å². The maximum atomic E-state index is 5.78. The van der Waals surface area contributed by atoms with Gasteiger partial charge in [-0.2, -0.15) is 0 Å². The van der Waals surface area contributed by atoms with E-state index in [2.05, 4.69) is 41.6 Å². The number of hydrogen-bond donors (Lipinski definition) is 2. The Morgan fingerprint density at radius 2 is 2.18 bits per heavy atom. The van der Waals surface area contributed by atoms with Crippen molar-refractivity contribution < 1.29 is 14.2 Å². The molecule has 1 atom stereocenters. The number of nitrogens with one attached hydrogen (secondary N) is 2. The minimum absolute atomic E-state index is 0. The molecule has 0 radical (unpaired) electrons. The summed E-state index contributed by atoms with van der Waals surface area (Å²) in [5.41, 5.74) is 1.17. The number of aliphatic imine (C=N–C) groups is 1. The molecule has 0 saturated carbocycles. The van der Waals surface area contributed by atoms with Crippen molar-refractivity contribution in [2.75, 3.05) is 40.0 Å². The van der Waals surface area contributed by atoms with Gasteiger partial charge in [0, 0.05) is 33.4 Å². The molecular formula is C21H36IN3O3. The van der Waals surface area contributed by atoms with Gasteiger partial charge in [-0.15, -0.1) is 24.0 Å². The standard InChI is InChI=1S/C21H35N3O3.HI/c1-17(2)15-27-19-8-4-7-18(13-19)14-24-21(22-3)23-10-6-11-25-16-20-9-5-12-26-20;/h4,7-8,13,17,20H,5-6,9-12,14-16H2,1-3H3,(H2,22,23,24);1H. The van der Waals surface area contributed by atoms with Crippen molar-refractivity contribution in [2.45, 2.75) is 45.8 Å². The number of halogens is 1. The molecule has 6 nitrogen and oxygen atoms in total. The van der Waals surface area contributed by atoms with Crippen LogP contribution in [0.25, 0.3) is 0 Å². The SMILES string of the molecule is CN=C(NCCCOCC1CCCO1)NCc1cccc(OCC(C)C)c1.I. The van der Waals surface area contributed by atoms with Crippen LogP contribution in [0.5, 0.6) is 5.75 Å². The second-order valence-electron chi connectivity index (χ2n) is 7.27. The zero-order valence-corrected chi connectivity index (χ0v) is 19.7. The normalized spacial score (nSPS) is 16.7. The third-order valence-corrected chi connectivity index (χ3v) is 4.25. The minimum Gasteiger partial charge on any atom is -0.493 e. The summed E-state index contributed by atoms with van der Waals surface area (Å²) in [6.45, 7) is 8.88. The Morgan fingerprint density at radius 1 is 1.32 bits per heavy atom. The van der Waals surface area contributed by atoms with Crippen molar-refractivity contribution in [3.8, 4) is 5.75 Å². The van der Waals surface area contributed by atoms with E-state index in [0.29, 0.717) is 25.2 Å². The van der Waals surface area contributed by atoms with Gasteiger partial charge in [-0.1, -0.05) is 26.0 Å². The maximum Gasteiger partial charge on any atom is 0.191 e. The molecule has 1 heterocycles. The van der Waals surface area contributed by atoms with E-state index in [1.54, 1.807) is 7.05 Å². The second-order valence-corrected chi connectivity index (χ2v) is 7.27. The molecular weight excluding hydrogens is 469 g/mol. The van der Waals surface area contributed by atoms with Gasteiger partial charge in [0.15, 0.2) is 5.96 Å². The molecule has 2 N–H and O–H groups in total. The van der Waals surface area contributed by atoms with Crippen molar-refractivity contribution in [3.63, 3.8) is 0 Å². The summed E-state index contributed by atoms with van der Waals surface area (Å²) >= 11 is 0. The summed E-state index contributed by atoms with van der Waals surface area (Å²) < 4.78 is 17.0. The first-order valence-corrected chi connectivity index (χ1v) is 10.0. The lowest BCUT2D eigenvalue weighted by atomic mass is 10.2. The predicted octanol–water partition coefficient (Wildman–Crippen LogP) is 3.59. The first-order chi connectivity index (χ1) is 13.2. The van der Waals surface area contributed by atoms with Crippen LogP contribution in [0, 0.1) is 5.92 Å². The zero-order valence-electron chi connectivity index (χ0n) is 17.4. The molecule has 0 spiro atoms. The predicted molar refractivity (Wildman–Crippen MR) is 125 cm³/mol. The third-order valence-electron chi connectivity index (χ3n) is 4.25. The molecule has 1 aromatic carbocycles. The lowest BCUT2D eigenvalue weighted by molar-refractivity contribution is 0.0168. The van der Waals surface area contributed by atoms with Crippen molar-refractivity contribution in [2.24, 2.45) is 10.9 Å². The molecule has 7 heteroatoms. The molecule has 1 aliphatic heterocycles. The van der Waals surface area contributed by atoms with E-state index in [0.717, 1.165) is 57.3 Å². The summed E-state index contributed by atoms with van der Waals surface area (Å²) in [7, 11) is 1.78. The summed E-state index contributed by atoms with van der Waals surface area (Å²) in [5, 5.41) is 6.66. The van der Waals surface area contributed by atoms with E-state index in [1.807, 2.05) is 12.1 Å². The monoisotopic (exact) mass is 505 g/mol. The lowest BCUT2D eigenvalue weighted by Crippen LogP contribution is -2.37. The Morgan fingerprint density at radius 3 is 2.89 bits per heavy atom. The fourth-order valence-corrected chi connectivity index (χ4v) is 2.79. The van der Waals surface area contributed by atoms with E-state index >= 15 is 0 Å². The van der Waals surface area contributed by atoms with Crippen molar-refractivity contribution >= 4 is 29.9 Å². The Kier molecular flexibility index (Phi) is 13.3. The van der Waals surface area contributed by atoms with Gasteiger partial charge in [0.2, 0.25) is 0 Å². The van der Waals surface area contributed by atoms with Gasteiger partial charge in [-0.25, -0.2) is 0 Å². The van der Waals surface area contributed by atoms with E-state index in [1.165, 1.54) is 5.56 Å². The van der Waals surface area contributed by atoms with Crippen LogP contribution in [0.1, 0.15) is 38.7 Å². The highest BCUT2D eigenvalue weighted by atomic mass is 127. The average molecular weight is 505 g/mol. The van der Waals surface area contributed by atoms with Crippen LogP contribution in [-0.2, 0) is 16.0 Å². The van der Waals surface area contributed by atoms with Crippen LogP contribution in [0.15, 0.2) is 29.3 Å². The average Bonchev–Trinajstić information content (AvgIpc) is 3.19. The highest BCUT2D eigenvalue weighted by Gasteiger charge is 2.14. The maximum absolute atomic E-state index is 5.78. The summed E-state index contributed by atoms with van der Waals surface area (Å²) in [6, 6.07) is 8.17. The highest BCUT2D eigenvalue weighted by molar-refractivity contribution is 14.0. The topological polar surface area (TPSA) is 64.1 Å². The highest BCUT2D eigenvalue weighted by Crippen LogP contribution is 2.14. The lowest BCUT2D eigenvalue weighted by Gasteiger charge is -2.14. The number of nitrogens with zero attached hydrogens (tertiary/aromatic N) is 1. The molecule has 0 amide bonds. The fourth-order valence-electron chi connectivity index (χ4n) is 2.79. The summed E-state index contributed by atoms with van der Waals surface area (Å²) in [6.07, 6.45) is 3.52. The molecule has 28 heavy (non-hydrogen) atoms. The Bertz CT molecular complexity index is 564. The number of rotatable bonds is 11. The smallest absolute Gasteiger partial charge is 0.191 e. The Labute approximate surface area is 186 Å². The van der Waals surface area contributed by atoms with Crippen molar-refractivity contribution in [1.29, 1.82) is 0 Å². The van der Waals surface area contributed by atoms with Crippen LogP contribution >= 0.6 is 24.0 Å². The quantitative estimate of drug-likeness (QED) is 0.208. The van der Waals surface area contributed by atoms with Gasteiger partial charge in [0.05, 0.1) is 19.3 Å². The van der Waals surface area contributed by atoms with E-state index in [4.69, 9.17) is 14.2 Å². The number of guanidine groups is 1. The van der Waals surface area contributed by atoms with E-state index < -0.39 is 0 Å². The Balaban J connectivity index is 0.00000392. The fraction of sp³-hybridized carbons (Fsp3) is 0.667. The van der Waals surface area contributed by atoms with Crippen molar-refractivity contribution in [1.82, 2.24) is 10.6 Å². The number of benzene rings is 1. The molecule has 160 valence electrons. The van der Waals surface area contributed by atoms with Crippen LogP contribution in [0.3, 0.4) is 0 Å². The number of ether oxygens (including phenoxy) is 3. The van der Waals surface area contributed by atoms with Gasteiger partial charge in [0.1, 0.15) is 5.75 Å². The summed E-state index contributed by atoms with van der Waals surface area (Å²) in [5.74, 6) is 2.22. The molecule has 0 aliphatic carbocycles. The summed E-state index contributed by atoms with van der Waals surface area (Å²) in [4.78, 5) is 4.27. The van der Waals surface area contributed by atoms with Crippen LogP contribution in [0.2, 0.25) is 0 Å². The molecule has 0 aromatic heterocycles. The van der Waals surface area contributed by atoms with Crippen LogP contribution in [0.4, 0.5) is 0 Å².